The van der Waals surface area contributed by atoms with E-state index in [4.69, 9.17) is 15.0 Å². The van der Waals surface area contributed by atoms with Gasteiger partial charge in [0, 0.05) is 11.1 Å². The summed E-state index contributed by atoms with van der Waals surface area (Å²) in [5, 5.41) is 0. The fourth-order valence-electron chi connectivity index (χ4n) is 4.32. The molecule has 0 N–H and O–H groups in total. The molecule has 0 saturated heterocycles. The van der Waals surface area contributed by atoms with E-state index in [1.807, 2.05) is 6.92 Å². The number of rotatable bonds is 6. The van der Waals surface area contributed by atoms with Crippen molar-refractivity contribution in [3.63, 3.8) is 0 Å². The van der Waals surface area contributed by atoms with Crippen molar-refractivity contribution in [3.8, 4) is 22.8 Å². The Morgan fingerprint density at radius 2 is 0.774 bits per heavy atom. The molecular formula is C28H37N3. The summed E-state index contributed by atoms with van der Waals surface area (Å²) >= 11 is 0. The summed E-state index contributed by atoms with van der Waals surface area (Å²) in [4.78, 5) is 14.8. The van der Waals surface area contributed by atoms with E-state index in [1.54, 1.807) is 0 Å². The summed E-state index contributed by atoms with van der Waals surface area (Å²) in [6.45, 7) is 19.9. The fourth-order valence-corrected chi connectivity index (χ4v) is 4.32. The van der Waals surface area contributed by atoms with Crippen LogP contribution in [0.25, 0.3) is 22.8 Å². The molecule has 31 heavy (non-hydrogen) atoms. The summed E-state index contributed by atoms with van der Waals surface area (Å²) in [6.07, 6.45) is 0. The Labute approximate surface area is 188 Å². The van der Waals surface area contributed by atoms with E-state index in [0.29, 0.717) is 23.7 Å². The number of nitrogens with zero attached hydrogens (tertiary/aromatic N) is 3. The normalized spacial score (nSPS) is 11.9. The van der Waals surface area contributed by atoms with E-state index in [9.17, 15) is 0 Å². The smallest absolute Gasteiger partial charge is 0.164 e. The molecule has 0 atom stereocenters. The zero-order valence-corrected chi connectivity index (χ0v) is 20.6. The SMILES string of the molecule is Cc1nc(-c2c(C(C)C)cccc2C(C)C)nc(-c2c(C(C)C)cccc2C(C)C)n1. The lowest BCUT2D eigenvalue weighted by Crippen LogP contribution is -2.08. The van der Waals surface area contributed by atoms with E-state index >= 15 is 0 Å². The first-order valence-corrected chi connectivity index (χ1v) is 11.6. The highest BCUT2D eigenvalue weighted by atomic mass is 15.0. The van der Waals surface area contributed by atoms with Gasteiger partial charge in [-0.15, -0.1) is 0 Å². The van der Waals surface area contributed by atoms with Crippen LogP contribution in [0.15, 0.2) is 36.4 Å². The van der Waals surface area contributed by atoms with Gasteiger partial charge in [-0.25, -0.2) is 15.0 Å². The van der Waals surface area contributed by atoms with Crippen LogP contribution in [0.1, 0.15) is 107 Å². The number of hydrogen-bond donors (Lipinski definition) is 0. The van der Waals surface area contributed by atoms with E-state index in [1.165, 1.54) is 33.4 Å². The van der Waals surface area contributed by atoms with E-state index in [-0.39, 0.29) is 0 Å². The van der Waals surface area contributed by atoms with E-state index in [2.05, 4.69) is 91.8 Å². The second-order valence-corrected chi connectivity index (χ2v) is 9.77. The average molecular weight is 416 g/mol. The highest BCUT2D eigenvalue weighted by Gasteiger charge is 2.22. The van der Waals surface area contributed by atoms with E-state index in [0.717, 1.165) is 17.5 Å². The molecule has 1 heterocycles. The molecule has 164 valence electrons. The Morgan fingerprint density at radius 1 is 0.484 bits per heavy atom. The molecule has 0 unspecified atom stereocenters. The van der Waals surface area contributed by atoms with Gasteiger partial charge in [-0.05, 0) is 52.8 Å². The van der Waals surface area contributed by atoms with Crippen molar-refractivity contribution in [1.82, 2.24) is 15.0 Å². The third kappa shape index (κ3) is 4.71. The van der Waals surface area contributed by atoms with Crippen molar-refractivity contribution in [1.29, 1.82) is 0 Å². The molecule has 0 fully saturated rings. The third-order valence-corrected chi connectivity index (χ3v) is 5.94. The molecule has 0 bridgehead atoms. The third-order valence-electron chi connectivity index (χ3n) is 5.94. The molecule has 0 spiro atoms. The molecule has 0 saturated carbocycles. The van der Waals surface area contributed by atoms with Crippen LogP contribution in [0.3, 0.4) is 0 Å². The molecule has 2 aromatic carbocycles. The van der Waals surface area contributed by atoms with Crippen LogP contribution >= 0.6 is 0 Å². The van der Waals surface area contributed by atoms with Crippen molar-refractivity contribution in [2.75, 3.05) is 0 Å². The molecule has 3 heteroatoms. The van der Waals surface area contributed by atoms with Gasteiger partial charge in [0.1, 0.15) is 5.82 Å². The van der Waals surface area contributed by atoms with Gasteiger partial charge in [-0.3, -0.25) is 0 Å². The zero-order valence-electron chi connectivity index (χ0n) is 20.6. The zero-order chi connectivity index (χ0) is 22.9. The summed E-state index contributed by atoms with van der Waals surface area (Å²) in [5.41, 5.74) is 7.53. The monoisotopic (exact) mass is 415 g/mol. The topological polar surface area (TPSA) is 38.7 Å². The Hall–Kier alpha value is -2.55. The van der Waals surface area contributed by atoms with Crippen molar-refractivity contribution in [3.05, 3.63) is 64.5 Å². The quantitative estimate of drug-likeness (QED) is 0.409. The van der Waals surface area contributed by atoms with Gasteiger partial charge in [-0.1, -0.05) is 91.8 Å². The minimum Gasteiger partial charge on any atom is -0.213 e. The molecule has 3 nitrogen and oxygen atoms in total. The highest BCUT2D eigenvalue weighted by molar-refractivity contribution is 5.71. The van der Waals surface area contributed by atoms with Crippen molar-refractivity contribution < 1.29 is 0 Å². The van der Waals surface area contributed by atoms with Crippen LogP contribution in [0.5, 0.6) is 0 Å². The minimum absolute atomic E-state index is 0.392. The minimum atomic E-state index is 0.392. The molecule has 0 aliphatic carbocycles. The lowest BCUT2D eigenvalue weighted by Gasteiger charge is -2.21. The van der Waals surface area contributed by atoms with Gasteiger partial charge in [0.2, 0.25) is 0 Å². The maximum Gasteiger partial charge on any atom is 0.164 e. The van der Waals surface area contributed by atoms with Crippen molar-refractivity contribution in [2.45, 2.75) is 86.0 Å². The maximum atomic E-state index is 5.12. The molecule has 0 aliphatic rings. The summed E-state index contributed by atoms with van der Waals surface area (Å²) < 4.78 is 0. The van der Waals surface area contributed by atoms with Gasteiger partial charge in [-0.2, -0.15) is 0 Å². The van der Waals surface area contributed by atoms with Crippen LogP contribution in [-0.2, 0) is 0 Å². The van der Waals surface area contributed by atoms with Gasteiger partial charge >= 0.3 is 0 Å². The Morgan fingerprint density at radius 3 is 1.03 bits per heavy atom. The maximum absolute atomic E-state index is 5.12. The van der Waals surface area contributed by atoms with Crippen molar-refractivity contribution >= 4 is 0 Å². The molecule has 3 rings (SSSR count). The van der Waals surface area contributed by atoms with Gasteiger partial charge < -0.3 is 0 Å². The number of aromatic nitrogens is 3. The first kappa shape index (κ1) is 23.1. The molecule has 0 amide bonds. The summed E-state index contributed by atoms with van der Waals surface area (Å²) in [6, 6.07) is 13.2. The lowest BCUT2D eigenvalue weighted by atomic mass is 9.87. The predicted molar refractivity (Wildman–Crippen MR) is 132 cm³/mol. The first-order valence-electron chi connectivity index (χ1n) is 11.6. The van der Waals surface area contributed by atoms with Crippen LogP contribution in [-0.4, -0.2) is 15.0 Å². The number of hydrogen-bond acceptors (Lipinski definition) is 3. The summed E-state index contributed by atoms with van der Waals surface area (Å²) in [5.74, 6) is 3.92. The second-order valence-electron chi connectivity index (χ2n) is 9.77. The highest BCUT2D eigenvalue weighted by Crippen LogP contribution is 2.38. The first-order chi connectivity index (χ1) is 14.6. The van der Waals surface area contributed by atoms with Crippen LogP contribution in [0.4, 0.5) is 0 Å². The standard InChI is InChI=1S/C28H37N3/c1-16(2)21-12-10-13-22(17(3)4)25(21)27-29-20(9)30-28(31-27)26-23(18(5)6)14-11-15-24(26)19(7)8/h10-19H,1-9H3. The molecule has 3 aromatic rings. The molecular weight excluding hydrogens is 378 g/mol. The van der Waals surface area contributed by atoms with E-state index < -0.39 is 0 Å². The van der Waals surface area contributed by atoms with Crippen LogP contribution in [0, 0.1) is 6.92 Å². The van der Waals surface area contributed by atoms with Crippen LogP contribution in [0.2, 0.25) is 0 Å². The lowest BCUT2D eigenvalue weighted by molar-refractivity contribution is 0.824. The summed E-state index contributed by atoms with van der Waals surface area (Å²) in [7, 11) is 0. The van der Waals surface area contributed by atoms with Crippen LogP contribution < -0.4 is 0 Å². The Balaban J connectivity index is 2.36. The number of benzene rings is 2. The largest absolute Gasteiger partial charge is 0.213 e. The molecule has 0 aliphatic heterocycles. The van der Waals surface area contributed by atoms with Gasteiger partial charge in [0.15, 0.2) is 11.6 Å². The van der Waals surface area contributed by atoms with Gasteiger partial charge in [0.25, 0.3) is 0 Å². The molecule has 1 aromatic heterocycles. The fraction of sp³-hybridized carbons (Fsp3) is 0.464. The number of aryl methyl sites for hydroxylation is 1. The Kier molecular flexibility index (Phi) is 6.93. The predicted octanol–water partition coefficient (Wildman–Crippen LogP) is 8.01. The van der Waals surface area contributed by atoms with Crippen molar-refractivity contribution in [2.24, 2.45) is 0 Å². The average Bonchev–Trinajstić information content (AvgIpc) is 2.71. The molecule has 0 radical (unpaired) electrons. The second kappa shape index (κ2) is 9.30. The Bertz CT molecular complexity index is 928. The van der Waals surface area contributed by atoms with Gasteiger partial charge in [0.05, 0.1) is 0 Å².